The lowest BCUT2D eigenvalue weighted by Crippen LogP contribution is -2.11. The van der Waals surface area contributed by atoms with E-state index in [1.54, 1.807) is 0 Å². The first-order valence-electron chi connectivity index (χ1n) is 5.74. The van der Waals surface area contributed by atoms with E-state index in [0.717, 1.165) is 16.9 Å². The molecule has 3 heteroatoms. The Morgan fingerprint density at radius 2 is 1.78 bits per heavy atom. The van der Waals surface area contributed by atoms with Gasteiger partial charge in [0.2, 0.25) is 0 Å². The Hall–Kier alpha value is -1.87. The molecule has 0 aromatic heterocycles. The molecule has 2 nitrogen and oxygen atoms in total. The van der Waals surface area contributed by atoms with Crippen molar-refractivity contribution >= 4 is 17.2 Å². The Balaban J connectivity index is 2.16. The molecule has 0 spiro atoms. The van der Waals surface area contributed by atoms with Crippen molar-refractivity contribution in [3.63, 3.8) is 0 Å². The average molecular weight is 257 g/mol. The lowest BCUT2D eigenvalue weighted by Gasteiger charge is -2.11. The van der Waals surface area contributed by atoms with Gasteiger partial charge in [0.05, 0.1) is 5.56 Å². The number of hydrogen-bond donors (Lipinski definition) is 1. The number of hydrogen-bond acceptors (Lipinski definition) is 2. The molecule has 0 saturated heterocycles. The minimum absolute atomic E-state index is 0.357. The summed E-state index contributed by atoms with van der Waals surface area (Å²) in [7, 11) is 0. The van der Waals surface area contributed by atoms with Crippen molar-refractivity contribution < 1.29 is 4.74 Å². The molecule has 0 heterocycles. The van der Waals surface area contributed by atoms with E-state index in [4.69, 9.17) is 22.7 Å². The van der Waals surface area contributed by atoms with Crippen molar-refractivity contribution in [2.24, 2.45) is 5.73 Å². The van der Waals surface area contributed by atoms with E-state index in [2.05, 4.69) is 19.1 Å². The van der Waals surface area contributed by atoms with Crippen LogP contribution in [-0.2, 0) is 6.61 Å². The Kier molecular flexibility index (Phi) is 3.95. The van der Waals surface area contributed by atoms with E-state index in [0.29, 0.717) is 11.6 Å². The quantitative estimate of drug-likeness (QED) is 0.854. The molecule has 0 radical (unpaired) electrons. The largest absolute Gasteiger partial charge is 0.488 e. The predicted molar refractivity (Wildman–Crippen MR) is 77.8 cm³/mol. The van der Waals surface area contributed by atoms with Crippen LogP contribution < -0.4 is 10.5 Å². The van der Waals surface area contributed by atoms with Gasteiger partial charge in [-0.1, -0.05) is 48.6 Å². The van der Waals surface area contributed by atoms with Crippen molar-refractivity contribution in [3.8, 4) is 5.75 Å². The van der Waals surface area contributed by atoms with Gasteiger partial charge in [0.1, 0.15) is 17.3 Å². The van der Waals surface area contributed by atoms with Crippen molar-refractivity contribution in [1.82, 2.24) is 0 Å². The van der Waals surface area contributed by atoms with Crippen LogP contribution in [0.2, 0.25) is 0 Å². The van der Waals surface area contributed by atoms with E-state index in [1.165, 1.54) is 5.56 Å². The predicted octanol–water partition coefficient (Wildman–Crippen LogP) is 3.21. The van der Waals surface area contributed by atoms with E-state index >= 15 is 0 Å². The summed E-state index contributed by atoms with van der Waals surface area (Å²) in [4.78, 5) is 0.357. The first-order chi connectivity index (χ1) is 8.68. The van der Waals surface area contributed by atoms with Crippen LogP contribution in [-0.4, -0.2) is 4.99 Å². The molecule has 0 aliphatic heterocycles. The normalized spacial score (nSPS) is 10.1. The van der Waals surface area contributed by atoms with Gasteiger partial charge in [-0.3, -0.25) is 0 Å². The molecular weight excluding hydrogens is 242 g/mol. The van der Waals surface area contributed by atoms with Crippen molar-refractivity contribution in [2.45, 2.75) is 13.5 Å². The Morgan fingerprint density at radius 1 is 1.11 bits per heavy atom. The number of para-hydroxylation sites is 1. The molecule has 0 aliphatic rings. The average Bonchev–Trinajstić information content (AvgIpc) is 2.38. The fourth-order valence-corrected chi connectivity index (χ4v) is 1.89. The van der Waals surface area contributed by atoms with Crippen LogP contribution in [0.1, 0.15) is 16.7 Å². The van der Waals surface area contributed by atoms with Gasteiger partial charge in [-0.05, 0) is 30.2 Å². The van der Waals surface area contributed by atoms with E-state index in [9.17, 15) is 0 Å². The minimum Gasteiger partial charge on any atom is -0.488 e. The van der Waals surface area contributed by atoms with Gasteiger partial charge in [0.25, 0.3) is 0 Å². The van der Waals surface area contributed by atoms with E-state index in [1.807, 2.05) is 36.4 Å². The zero-order valence-corrected chi connectivity index (χ0v) is 11.0. The Labute approximate surface area is 112 Å². The molecule has 2 rings (SSSR count). The summed E-state index contributed by atoms with van der Waals surface area (Å²) in [5.41, 5.74) is 8.82. The molecule has 2 aromatic carbocycles. The molecule has 2 N–H and O–H groups in total. The molecule has 92 valence electrons. The maximum absolute atomic E-state index is 5.80. The Bertz CT molecular complexity index is 566. The van der Waals surface area contributed by atoms with Crippen LogP contribution in [0.5, 0.6) is 5.75 Å². The number of aryl methyl sites for hydroxylation is 1. The van der Waals surface area contributed by atoms with Crippen LogP contribution >= 0.6 is 12.2 Å². The number of thiocarbonyl (C=S) groups is 1. The monoisotopic (exact) mass is 257 g/mol. The highest BCUT2D eigenvalue weighted by Crippen LogP contribution is 2.19. The zero-order chi connectivity index (χ0) is 13.0. The highest BCUT2D eigenvalue weighted by Gasteiger charge is 2.06. The zero-order valence-electron chi connectivity index (χ0n) is 10.2. The van der Waals surface area contributed by atoms with Gasteiger partial charge in [0.15, 0.2) is 0 Å². The third-order valence-corrected chi connectivity index (χ3v) is 3.02. The maximum atomic E-state index is 5.80. The number of benzene rings is 2. The molecular formula is C15H15NOS. The summed E-state index contributed by atoms with van der Waals surface area (Å²) in [6, 6.07) is 15.7. The number of ether oxygens (including phenoxy) is 1. The summed E-state index contributed by atoms with van der Waals surface area (Å²) in [6.45, 7) is 2.59. The molecule has 0 fully saturated rings. The van der Waals surface area contributed by atoms with Crippen LogP contribution in [0.4, 0.5) is 0 Å². The lowest BCUT2D eigenvalue weighted by atomic mass is 10.1. The number of nitrogens with two attached hydrogens (primary N) is 1. The standard InChI is InChI=1S/C15H15NOS/c1-11-6-2-3-7-12(11)10-17-14-9-5-4-8-13(14)15(16)18/h2-9H,10H2,1H3,(H2,16,18). The molecule has 0 amide bonds. The van der Waals surface area contributed by atoms with Gasteiger partial charge in [-0.2, -0.15) is 0 Å². The second-order valence-electron chi connectivity index (χ2n) is 4.08. The van der Waals surface area contributed by atoms with Gasteiger partial charge in [0, 0.05) is 0 Å². The first-order valence-corrected chi connectivity index (χ1v) is 6.15. The first kappa shape index (κ1) is 12.6. The molecule has 0 unspecified atom stereocenters. The van der Waals surface area contributed by atoms with Crippen LogP contribution in [0.3, 0.4) is 0 Å². The minimum atomic E-state index is 0.357. The van der Waals surface area contributed by atoms with Gasteiger partial charge < -0.3 is 10.5 Å². The van der Waals surface area contributed by atoms with E-state index < -0.39 is 0 Å². The summed E-state index contributed by atoms with van der Waals surface area (Å²) < 4.78 is 5.80. The highest BCUT2D eigenvalue weighted by atomic mass is 32.1. The smallest absolute Gasteiger partial charge is 0.129 e. The van der Waals surface area contributed by atoms with Gasteiger partial charge in [-0.15, -0.1) is 0 Å². The molecule has 2 aromatic rings. The summed E-state index contributed by atoms with van der Waals surface area (Å²) >= 11 is 5.00. The van der Waals surface area contributed by atoms with Crippen molar-refractivity contribution in [1.29, 1.82) is 0 Å². The van der Waals surface area contributed by atoms with E-state index in [-0.39, 0.29) is 0 Å². The molecule has 18 heavy (non-hydrogen) atoms. The molecule has 0 atom stereocenters. The second kappa shape index (κ2) is 5.65. The summed E-state index contributed by atoms with van der Waals surface area (Å²) in [6.07, 6.45) is 0. The van der Waals surface area contributed by atoms with Crippen molar-refractivity contribution in [2.75, 3.05) is 0 Å². The molecule has 0 saturated carbocycles. The molecule has 0 bridgehead atoms. The maximum Gasteiger partial charge on any atom is 0.129 e. The third kappa shape index (κ3) is 2.87. The SMILES string of the molecule is Cc1ccccc1COc1ccccc1C(N)=S. The van der Waals surface area contributed by atoms with Crippen LogP contribution in [0.15, 0.2) is 48.5 Å². The van der Waals surface area contributed by atoms with Gasteiger partial charge in [-0.25, -0.2) is 0 Å². The molecule has 0 aliphatic carbocycles. The number of rotatable bonds is 4. The Morgan fingerprint density at radius 3 is 2.50 bits per heavy atom. The summed E-state index contributed by atoms with van der Waals surface area (Å²) in [5, 5.41) is 0. The third-order valence-electron chi connectivity index (χ3n) is 2.80. The lowest BCUT2D eigenvalue weighted by molar-refractivity contribution is 0.305. The highest BCUT2D eigenvalue weighted by molar-refractivity contribution is 7.80. The second-order valence-corrected chi connectivity index (χ2v) is 4.52. The topological polar surface area (TPSA) is 35.2 Å². The van der Waals surface area contributed by atoms with Crippen molar-refractivity contribution in [3.05, 3.63) is 65.2 Å². The fourth-order valence-electron chi connectivity index (χ4n) is 1.72. The van der Waals surface area contributed by atoms with Gasteiger partial charge >= 0.3 is 0 Å². The van der Waals surface area contributed by atoms with Crippen LogP contribution in [0.25, 0.3) is 0 Å². The fraction of sp³-hybridized carbons (Fsp3) is 0.133. The summed E-state index contributed by atoms with van der Waals surface area (Å²) in [5.74, 6) is 0.730. The van der Waals surface area contributed by atoms with Crippen LogP contribution in [0, 0.1) is 6.92 Å².